The normalized spacial score (nSPS) is 50.0. The molecule has 0 aliphatic heterocycles. The Morgan fingerprint density at radius 2 is 0.909 bits per heavy atom. The highest BCUT2D eigenvalue weighted by Crippen LogP contribution is 2.14. The van der Waals surface area contributed by atoms with Crippen LogP contribution >= 0.6 is 0 Å². The zero-order valence-corrected chi connectivity index (χ0v) is 11.0. The fourth-order valence-electron chi connectivity index (χ4n) is 0.569. The summed E-state index contributed by atoms with van der Waals surface area (Å²) in [4.78, 5) is 0. The molecule has 0 rings (SSSR count). The van der Waals surface area contributed by atoms with Crippen LogP contribution in [0.15, 0.2) is 0 Å². The van der Waals surface area contributed by atoms with Crippen LogP contribution in [0.2, 0.25) is 0 Å². The van der Waals surface area contributed by atoms with Crippen LogP contribution in [0.25, 0.3) is 0 Å². The van der Waals surface area contributed by atoms with Crippen LogP contribution in [0.3, 0.4) is 0 Å². The van der Waals surface area contributed by atoms with Gasteiger partial charge in [0.1, 0.15) is 0 Å². The van der Waals surface area contributed by atoms with E-state index in [1.165, 1.54) is 0 Å². The van der Waals surface area contributed by atoms with Gasteiger partial charge in [-0.3, -0.25) is 0 Å². The van der Waals surface area contributed by atoms with Crippen molar-refractivity contribution in [3.63, 3.8) is 0 Å². The molecule has 0 radical (unpaired) electrons. The summed E-state index contributed by atoms with van der Waals surface area (Å²) < 4.78 is 312. The summed E-state index contributed by atoms with van der Waals surface area (Å²) in [5.74, 6) is 0. The van der Waals surface area contributed by atoms with E-state index >= 15 is 0 Å². The molecule has 0 aliphatic carbocycles. The molecular formula is C20H42O2. The van der Waals surface area contributed by atoms with Crippen molar-refractivity contribution in [2.24, 2.45) is 0 Å². The van der Waals surface area contributed by atoms with E-state index in [0.717, 1.165) is 0 Å². The standard InChI is InChI=1S/C20H42O2/c1-2-3-4-5-6-7-8-9-10-11-12-13-14-15-16-17-18-19-20(21)22/h20-22H,2-19H2,1H3/i1D3,2D2,3D2,4D2,5D2,6D2,7D2,8D2,9D2,10D2,11D2,12D2,13D2,14D2,15D2,16D2,17D2,18D2,19D2. The second-order valence-electron chi connectivity index (χ2n) is 2.64. The molecule has 2 N–H and O–H groups in total. The summed E-state index contributed by atoms with van der Waals surface area (Å²) in [7, 11) is 0. The topological polar surface area (TPSA) is 40.5 Å². The molecule has 22 heavy (non-hydrogen) atoms. The Morgan fingerprint density at radius 1 is 0.591 bits per heavy atom. The highest BCUT2D eigenvalue weighted by atomic mass is 16.5. The van der Waals surface area contributed by atoms with Gasteiger partial charge in [-0.1, -0.05) is 109 Å². The van der Waals surface area contributed by atoms with Crippen LogP contribution in [0.4, 0.5) is 0 Å². The first-order chi connectivity index (χ1) is 25.4. The Hall–Kier alpha value is -0.0800. The SMILES string of the molecule is [2H]C([2H])([2H])C([2H])([2H])C([2H])([2H])C([2H])([2H])C([2H])([2H])C([2H])([2H])C([2H])([2H])C([2H])([2H])C([2H])([2H])C([2H])([2H])C([2H])([2H])C([2H])([2H])C([2H])([2H])C([2H])([2H])C([2H])([2H])C([2H])([2H])C([2H])([2H])C([2H])([2H])C([2H])([2H])C(O)O. The molecule has 0 spiro atoms. The molecular weight excluding hydrogens is 272 g/mol. The average molecular weight is 354 g/mol. The first-order valence-electron chi connectivity index (χ1n) is 24.8. The smallest absolute Gasteiger partial charge is 0.151 e. The van der Waals surface area contributed by atoms with Crippen molar-refractivity contribution in [1.82, 2.24) is 0 Å². The number of rotatable bonds is 18. The molecule has 2 heteroatoms. The maximum atomic E-state index is 9.30. The van der Waals surface area contributed by atoms with Gasteiger partial charge in [-0.2, -0.15) is 0 Å². The predicted octanol–water partition coefficient (Wildman–Crippen LogP) is 6.34. The van der Waals surface area contributed by atoms with Crippen molar-refractivity contribution in [2.75, 3.05) is 0 Å². The number of hydrogen-bond acceptors (Lipinski definition) is 2. The molecule has 0 atom stereocenters. The molecule has 0 aromatic heterocycles. The lowest BCUT2D eigenvalue weighted by atomic mass is 10.0. The molecule has 0 aromatic carbocycles. The zero-order chi connectivity index (χ0) is 51.1. The summed E-state index contributed by atoms with van der Waals surface area (Å²) in [5.41, 5.74) is 0. The Morgan fingerprint density at radius 3 is 1.23 bits per heavy atom. The third-order valence-corrected chi connectivity index (χ3v) is 1.20. The van der Waals surface area contributed by atoms with E-state index in [9.17, 15) is 10.2 Å². The summed E-state index contributed by atoms with van der Waals surface area (Å²) in [5, 5.41) is 18.6. The largest absolute Gasteiger partial charge is 0.368 e. The van der Waals surface area contributed by atoms with E-state index < -0.39 is 128 Å². The molecule has 0 heterocycles. The van der Waals surface area contributed by atoms with Crippen LogP contribution in [0, 0.1) is 0 Å². The van der Waals surface area contributed by atoms with Crippen LogP contribution in [0.5, 0.6) is 0 Å². The Balaban J connectivity index is 7.95. The maximum Gasteiger partial charge on any atom is 0.151 e. The minimum atomic E-state index is -5.34. The summed E-state index contributed by atoms with van der Waals surface area (Å²) in [6.45, 7) is -4.18. The minimum absolute atomic E-state index is 3.51. The van der Waals surface area contributed by atoms with Gasteiger partial charge in [-0.05, 0) is 12.7 Å². The van der Waals surface area contributed by atoms with Gasteiger partial charge in [0.25, 0.3) is 0 Å². The van der Waals surface area contributed by atoms with E-state index in [-0.39, 0.29) is 0 Å². The Kier molecular flexibility index (Phi) is 2.30. The molecule has 0 saturated heterocycles. The van der Waals surface area contributed by atoms with Gasteiger partial charge >= 0.3 is 0 Å². The summed E-state index contributed by atoms with van der Waals surface area (Å²) >= 11 is 0. The monoisotopic (exact) mass is 354 g/mol. The number of aliphatic hydroxyl groups excluding tert-OH is 1. The van der Waals surface area contributed by atoms with E-state index in [2.05, 4.69) is 0 Å². The molecule has 0 bridgehead atoms. The van der Waals surface area contributed by atoms with Gasteiger partial charge in [0.2, 0.25) is 0 Å². The van der Waals surface area contributed by atoms with Crippen LogP contribution in [-0.4, -0.2) is 16.5 Å². The molecule has 0 unspecified atom stereocenters. The Labute approximate surface area is 194 Å². The molecule has 0 amide bonds. The lowest BCUT2D eigenvalue weighted by molar-refractivity contribution is -0.0466. The van der Waals surface area contributed by atoms with Crippen molar-refractivity contribution in [2.45, 2.75) is 128 Å². The molecule has 134 valence electrons. The fourth-order valence-corrected chi connectivity index (χ4v) is 0.569. The van der Waals surface area contributed by atoms with Gasteiger partial charge in [-0.15, -0.1) is 0 Å². The van der Waals surface area contributed by atoms with Crippen LogP contribution in [0.1, 0.15) is 175 Å². The average Bonchev–Trinajstić information content (AvgIpc) is 3.02. The van der Waals surface area contributed by atoms with Crippen molar-refractivity contribution in [3.05, 3.63) is 0 Å². The number of aliphatic hydroxyl groups is 2. The molecule has 0 aliphatic rings. The highest BCUT2D eigenvalue weighted by molar-refractivity contribution is 4.50. The third-order valence-electron chi connectivity index (χ3n) is 1.20. The molecule has 0 aromatic rings. The predicted molar refractivity (Wildman–Crippen MR) is 97.0 cm³/mol. The first-order valence-corrected chi connectivity index (χ1v) is 5.31. The zero-order valence-electron chi connectivity index (χ0n) is 50.0. The lowest BCUT2D eigenvalue weighted by Crippen LogP contribution is -2.02. The van der Waals surface area contributed by atoms with E-state index in [1.54, 1.807) is 0 Å². The van der Waals surface area contributed by atoms with Crippen molar-refractivity contribution >= 4 is 0 Å². The summed E-state index contributed by atoms with van der Waals surface area (Å²) in [6.07, 6.45) is -94.4. The first kappa shape index (κ1) is 2.67. The second-order valence-corrected chi connectivity index (χ2v) is 2.64. The van der Waals surface area contributed by atoms with Gasteiger partial charge in [0.15, 0.2) is 6.29 Å². The number of hydrogen-bond donors (Lipinski definition) is 2. The van der Waals surface area contributed by atoms with E-state index in [4.69, 9.17) is 53.5 Å². The molecule has 0 saturated carbocycles. The fraction of sp³-hybridized carbons (Fsp3) is 1.00. The molecule has 0 fully saturated rings. The minimum Gasteiger partial charge on any atom is -0.368 e. The Bertz CT molecular complexity index is 1590. The third kappa shape index (κ3) is 19.9. The van der Waals surface area contributed by atoms with Gasteiger partial charge < -0.3 is 10.2 Å². The van der Waals surface area contributed by atoms with Gasteiger partial charge in [0.05, 0.1) is 0 Å². The second kappa shape index (κ2) is 19.0. The van der Waals surface area contributed by atoms with Gasteiger partial charge in [-0.25, -0.2) is 0 Å². The van der Waals surface area contributed by atoms with E-state index in [0.29, 0.717) is 0 Å². The van der Waals surface area contributed by atoms with Crippen LogP contribution < -0.4 is 0 Å². The van der Waals surface area contributed by atoms with Crippen LogP contribution in [-0.2, 0) is 0 Å². The molecule has 2 nitrogen and oxygen atoms in total. The van der Waals surface area contributed by atoms with Crippen molar-refractivity contribution < 1.29 is 63.7 Å². The summed E-state index contributed by atoms with van der Waals surface area (Å²) in [6, 6.07) is 0. The van der Waals surface area contributed by atoms with Crippen molar-refractivity contribution in [3.8, 4) is 0 Å². The quantitative estimate of drug-likeness (QED) is 0.282. The maximum absolute atomic E-state index is 9.30. The lowest BCUT2D eigenvalue weighted by Gasteiger charge is -2.04. The van der Waals surface area contributed by atoms with E-state index in [1.807, 2.05) is 0 Å². The highest BCUT2D eigenvalue weighted by Gasteiger charge is 1.97. The van der Waals surface area contributed by atoms with Crippen molar-refractivity contribution in [1.29, 1.82) is 0 Å². The van der Waals surface area contributed by atoms with Gasteiger partial charge in [0, 0.05) is 53.5 Å².